The van der Waals surface area contributed by atoms with Gasteiger partial charge >= 0.3 is 0 Å². The Morgan fingerprint density at radius 1 is 0.893 bits per heavy atom. The van der Waals surface area contributed by atoms with Gasteiger partial charge < -0.3 is 14.2 Å². The van der Waals surface area contributed by atoms with Crippen molar-refractivity contribution in [2.75, 3.05) is 13.4 Å². The van der Waals surface area contributed by atoms with Crippen molar-refractivity contribution in [1.82, 2.24) is 9.88 Å². The molecular formula is C23H24N2O3. The first-order valence-corrected chi connectivity index (χ1v) is 9.52. The lowest BCUT2D eigenvalue weighted by Gasteiger charge is -2.24. The summed E-state index contributed by atoms with van der Waals surface area (Å²) in [5.41, 5.74) is 3.59. The molecule has 0 bridgehead atoms. The summed E-state index contributed by atoms with van der Waals surface area (Å²) in [4.78, 5) is 6.52. The number of nitrogens with zero attached hydrogens (tertiary/aromatic N) is 2. The van der Waals surface area contributed by atoms with Gasteiger partial charge in [-0.05, 0) is 48.4 Å². The lowest BCUT2D eigenvalue weighted by Crippen LogP contribution is -2.23. The Kier molecular flexibility index (Phi) is 5.73. The van der Waals surface area contributed by atoms with E-state index in [2.05, 4.69) is 46.3 Å². The number of hydrogen-bond acceptors (Lipinski definition) is 5. The summed E-state index contributed by atoms with van der Waals surface area (Å²) in [6, 6.07) is 18.5. The van der Waals surface area contributed by atoms with E-state index in [-0.39, 0.29) is 0 Å². The summed E-state index contributed by atoms with van der Waals surface area (Å²) in [6.45, 7) is 5.35. The monoisotopic (exact) mass is 376 g/mol. The zero-order chi connectivity index (χ0) is 19.2. The number of aromatic nitrogens is 1. The van der Waals surface area contributed by atoms with Gasteiger partial charge in [0.2, 0.25) is 6.79 Å². The molecule has 5 heteroatoms. The summed E-state index contributed by atoms with van der Waals surface area (Å²) in [7, 11) is 0. The lowest BCUT2D eigenvalue weighted by atomic mass is 10.1. The number of ether oxygens (including phenoxy) is 3. The van der Waals surface area contributed by atoms with Crippen LogP contribution in [0, 0.1) is 0 Å². The number of para-hydroxylation sites is 1. The minimum absolute atomic E-state index is 0.293. The van der Waals surface area contributed by atoms with Crippen molar-refractivity contribution in [3.8, 4) is 17.2 Å². The van der Waals surface area contributed by atoms with E-state index in [9.17, 15) is 0 Å². The highest BCUT2D eigenvalue weighted by atomic mass is 16.7. The number of fused-ring (bicyclic) bond motifs is 1. The molecule has 0 radical (unpaired) electrons. The second-order valence-corrected chi connectivity index (χ2v) is 6.73. The molecule has 0 saturated heterocycles. The second-order valence-electron chi connectivity index (χ2n) is 6.73. The summed E-state index contributed by atoms with van der Waals surface area (Å²) in [5, 5.41) is 0. The van der Waals surface area contributed by atoms with E-state index in [1.54, 1.807) is 0 Å². The Morgan fingerprint density at radius 3 is 2.54 bits per heavy atom. The van der Waals surface area contributed by atoms with Crippen LogP contribution in [0.2, 0.25) is 0 Å². The van der Waals surface area contributed by atoms with Crippen LogP contribution in [0.4, 0.5) is 0 Å². The van der Waals surface area contributed by atoms with Crippen LogP contribution in [-0.4, -0.2) is 23.3 Å². The van der Waals surface area contributed by atoms with E-state index in [0.717, 1.165) is 36.9 Å². The summed E-state index contributed by atoms with van der Waals surface area (Å²) >= 11 is 0. The third kappa shape index (κ3) is 4.43. The molecule has 1 aliphatic rings. The molecule has 3 aromatic rings. The molecule has 1 aliphatic heterocycles. The van der Waals surface area contributed by atoms with Gasteiger partial charge in [-0.2, -0.15) is 0 Å². The maximum absolute atomic E-state index is 5.83. The molecule has 0 amide bonds. The first-order chi connectivity index (χ1) is 13.8. The van der Waals surface area contributed by atoms with E-state index in [0.29, 0.717) is 13.4 Å². The van der Waals surface area contributed by atoms with Crippen LogP contribution in [0.3, 0.4) is 0 Å². The van der Waals surface area contributed by atoms with Crippen molar-refractivity contribution < 1.29 is 14.2 Å². The highest BCUT2D eigenvalue weighted by molar-refractivity contribution is 5.44. The van der Waals surface area contributed by atoms with E-state index in [1.165, 1.54) is 16.7 Å². The van der Waals surface area contributed by atoms with Crippen LogP contribution in [0.25, 0.3) is 0 Å². The molecule has 1 aromatic heterocycles. The molecule has 2 aromatic carbocycles. The third-order valence-electron chi connectivity index (χ3n) is 4.67. The fraction of sp³-hybridized carbons (Fsp3) is 0.261. The zero-order valence-electron chi connectivity index (χ0n) is 16.0. The Bertz CT molecular complexity index is 915. The molecular weight excluding hydrogens is 352 g/mol. The number of pyridine rings is 1. The number of hydrogen-bond donors (Lipinski definition) is 0. The van der Waals surface area contributed by atoms with Crippen LogP contribution in [0.15, 0.2) is 67.0 Å². The maximum Gasteiger partial charge on any atom is 0.231 e. The normalized spacial score (nSPS) is 12.4. The number of rotatable bonds is 8. The number of benzene rings is 2. The average Bonchev–Trinajstić information content (AvgIpc) is 3.18. The molecule has 2 heterocycles. The van der Waals surface area contributed by atoms with Crippen molar-refractivity contribution in [3.63, 3.8) is 0 Å². The van der Waals surface area contributed by atoms with Gasteiger partial charge in [0.15, 0.2) is 11.5 Å². The molecule has 0 aliphatic carbocycles. The van der Waals surface area contributed by atoms with Gasteiger partial charge in [-0.1, -0.05) is 24.3 Å². The smallest absolute Gasteiger partial charge is 0.231 e. The van der Waals surface area contributed by atoms with E-state index < -0.39 is 0 Å². The van der Waals surface area contributed by atoms with Crippen LogP contribution in [0.1, 0.15) is 23.6 Å². The topological polar surface area (TPSA) is 43.8 Å². The van der Waals surface area contributed by atoms with E-state index in [4.69, 9.17) is 14.2 Å². The predicted molar refractivity (Wildman–Crippen MR) is 107 cm³/mol. The molecule has 0 fully saturated rings. The Morgan fingerprint density at radius 2 is 1.68 bits per heavy atom. The average molecular weight is 376 g/mol. The third-order valence-corrected chi connectivity index (χ3v) is 4.67. The standard InChI is InChI=1S/C23H24N2O3/c1-2-26-21-6-4-3-5-20(21)16-25(14-18-9-11-24-12-10-18)15-19-7-8-22-23(13-19)28-17-27-22/h3-13H,2,14-17H2,1H3. The van der Waals surface area contributed by atoms with Gasteiger partial charge in [-0.3, -0.25) is 9.88 Å². The Labute approximate surface area is 165 Å². The predicted octanol–water partition coefficient (Wildman–Crippen LogP) is 4.41. The molecule has 0 spiro atoms. The highest BCUT2D eigenvalue weighted by Crippen LogP contribution is 2.33. The molecule has 28 heavy (non-hydrogen) atoms. The first kappa shape index (κ1) is 18.3. The SMILES string of the molecule is CCOc1ccccc1CN(Cc1ccncc1)Cc1ccc2c(c1)OCO2. The molecule has 5 nitrogen and oxygen atoms in total. The first-order valence-electron chi connectivity index (χ1n) is 9.52. The largest absolute Gasteiger partial charge is 0.494 e. The van der Waals surface area contributed by atoms with Gasteiger partial charge in [0.1, 0.15) is 5.75 Å². The quantitative estimate of drug-likeness (QED) is 0.583. The fourth-order valence-electron chi connectivity index (χ4n) is 3.38. The molecule has 0 N–H and O–H groups in total. The zero-order valence-corrected chi connectivity index (χ0v) is 16.0. The highest BCUT2D eigenvalue weighted by Gasteiger charge is 2.16. The van der Waals surface area contributed by atoms with Crippen LogP contribution < -0.4 is 14.2 Å². The van der Waals surface area contributed by atoms with Gasteiger partial charge in [-0.15, -0.1) is 0 Å². The van der Waals surface area contributed by atoms with Gasteiger partial charge in [0.25, 0.3) is 0 Å². The van der Waals surface area contributed by atoms with Gasteiger partial charge in [0, 0.05) is 37.6 Å². The van der Waals surface area contributed by atoms with Crippen molar-refractivity contribution in [2.24, 2.45) is 0 Å². The van der Waals surface area contributed by atoms with Crippen molar-refractivity contribution in [3.05, 3.63) is 83.7 Å². The van der Waals surface area contributed by atoms with Crippen molar-refractivity contribution >= 4 is 0 Å². The lowest BCUT2D eigenvalue weighted by molar-refractivity contribution is 0.174. The summed E-state index contributed by atoms with van der Waals surface area (Å²) in [5.74, 6) is 2.57. The molecule has 0 saturated carbocycles. The molecule has 4 rings (SSSR count). The van der Waals surface area contributed by atoms with Crippen LogP contribution >= 0.6 is 0 Å². The minimum atomic E-state index is 0.293. The molecule has 0 unspecified atom stereocenters. The summed E-state index contributed by atoms with van der Waals surface area (Å²) in [6.07, 6.45) is 3.67. The maximum atomic E-state index is 5.83. The second kappa shape index (κ2) is 8.76. The van der Waals surface area contributed by atoms with Crippen molar-refractivity contribution in [1.29, 1.82) is 0 Å². The minimum Gasteiger partial charge on any atom is -0.494 e. The summed E-state index contributed by atoms with van der Waals surface area (Å²) < 4.78 is 16.8. The molecule has 144 valence electrons. The van der Waals surface area contributed by atoms with E-state index >= 15 is 0 Å². The Hall–Kier alpha value is -3.05. The van der Waals surface area contributed by atoms with Crippen LogP contribution in [-0.2, 0) is 19.6 Å². The van der Waals surface area contributed by atoms with Crippen LogP contribution in [0.5, 0.6) is 17.2 Å². The van der Waals surface area contributed by atoms with E-state index in [1.807, 2.05) is 37.5 Å². The van der Waals surface area contributed by atoms with Crippen molar-refractivity contribution in [2.45, 2.75) is 26.6 Å². The molecule has 0 atom stereocenters. The fourth-order valence-corrected chi connectivity index (χ4v) is 3.38. The van der Waals surface area contributed by atoms with Gasteiger partial charge in [-0.25, -0.2) is 0 Å². The Balaban J connectivity index is 1.57. The van der Waals surface area contributed by atoms with Gasteiger partial charge in [0.05, 0.1) is 6.61 Å².